The number of rotatable bonds is 54. The van der Waals surface area contributed by atoms with Gasteiger partial charge in [-0.2, -0.15) is 0 Å². The van der Waals surface area contributed by atoms with E-state index in [1.165, 1.54) is 193 Å². The number of carbonyl (C=O) groups is 3. The average molecular weight is 954 g/mol. The van der Waals surface area contributed by atoms with Gasteiger partial charge in [-0.25, -0.2) is 0 Å². The monoisotopic (exact) mass is 953 g/mol. The van der Waals surface area contributed by atoms with Crippen molar-refractivity contribution in [2.24, 2.45) is 0 Å². The lowest BCUT2D eigenvalue weighted by atomic mass is 10.0. The van der Waals surface area contributed by atoms with E-state index in [4.69, 9.17) is 14.2 Å². The molecule has 0 heterocycles. The first-order valence-corrected chi connectivity index (χ1v) is 29.6. The second-order valence-corrected chi connectivity index (χ2v) is 19.9. The molecular formula is C62H112O6. The van der Waals surface area contributed by atoms with Crippen LogP contribution >= 0.6 is 0 Å². The Labute approximate surface area is 422 Å². The summed E-state index contributed by atoms with van der Waals surface area (Å²) in [6, 6.07) is 0. The van der Waals surface area contributed by atoms with Crippen LogP contribution in [0.2, 0.25) is 0 Å². The maximum Gasteiger partial charge on any atom is 0.306 e. The van der Waals surface area contributed by atoms with Crippen molar-refractivity contribution in [3.05, 3.63) is 48.6 Å². The minimum Gasteiger partial charge on any atom is -0.462 e. The number of hydrogen-bond donors (Lipinski definition) is 0. The Kier molecular flexibility index (Phi) is 54.8. The maximum absolute atomic E-state index is 12.8. The molecule has 0 saturated carbocycles. The first-order chi connectivity index (χ1) is 33.5. The minimum absolute atomic E-state index is 0.0785. The molecule has 0 N–H and O–H groups in total. The molecule has 0 spiro atoms. The molecule has 6 heteroatoms. The zero-order valence-electron chi connectivity index (χ0n) is 45.4. The zero-order chi connectivity index (χ0) is 49.3. The van der Waals surface area contributed by atoms with Crippen LogP contribution in [-0.4, -0.2) is 37.2 Å². The molecule has 1 unspecified atom stereocenters. The summed E-state index contributed by atoms with van der Waals surface area (Å²) >= 11 is 0. The number of allylic oxidation sites excluding steroid dienone is 8. The molecule has 0 aromatic carbocycles. The summed E-state index contributed by atoms with van der Waals surface area (Å²) in [5.74, 6) is -0.886. The van der Waals surface area contributed by atoms with Gasteiger partial charge in [-0.1, -0.05) is 243 Å². The summed E-state index contributed by atoms with van der Waals surface area (Å²) in [7, 11) is 0. The van der Waals surface area contributed by atoms with Crippen LogP contribution in [0.5, 0.6) is 0 Å². The third-order valence-electron chi connectivity index (χ3n) is 13.0. The average Bonchev–Trinajstić information content (AvgIpc) is 3.34. The quantitative estimate of drug-likeness (QED) is 0.0262. The van der Waals surface area contributed by atoms with Gasteiger partial charge in [0.2, 0.25) is 0 Å². The van der Waals surface area contributed by atoms with Crippen LogP contribution in [0.4, 0.5) is 0 Å². The molecule has 1 atom stereocenters. The lowest BCUT2D eigenvalue weighted by Crippen LogP contribution is -2.30. The standard InChI is InChI=1S/C62H112O6/c1-4-7-10-13-16-19-22-24-26-28-29-30-31-32-33-34-36-37-40-43-46-49-52-55-61(64)67-58-59(57-66-60(63)54-51-48-45-42-39-21-18-15-12-9-6-3)68-62(65)56-53-50-47-44-41-38-35-27-25-23-20-17-14-11-8-5-2/h15,18,22,24,27-29,35,59H,4-14,16-17,19-21,23,25-26,30-34,36-58H2,1-3H3/b18-15-,24-22-,29-28-,35-27-. The third kappa shape index (κ3) is 54.3. The van der Waals surface area contributed by atoms with Crippen molar-refractivity contribution in [3.63, 3.8) is 0 Å². The molecule has 0 aliphatic rings. The van der Waals surface area contributed by atoms with Crippen LogP contribution < -0.4 is 0 Å². The first kappa shape index (κ1) is 65.4. The highest BCUT2D eigenvalue weighted by atomic mass is 16.6. The van der Waals surface area contributed by atoms with Crippen LogP contribution in [-0.2, 0) is 28.6 Å². The molecule has 0 aromatic rings. The molecule has 0 rings (SSSR count). The van der Waals surface area contributed by atoms with Gasteiger partial charge in [0.25, 0.3) is 0 Å². The molecule has 0 amide bonds. The van der Waals surface area contributed by atoms with E-state index in [2.05, 4.69) is 69.4 Å². The summed E-state index contributed by atoms with van der Waals surface area (Å²) < 4.78 is 16.8. The summed E-state index contributed by atoms with van der Waals surface area (Å²) in [4.78, 5) is 38.1. The highest BCUT2D eigenvalue weighted by molar-refractivity contribution is 5.71. The molecule has 0 aliphatic carbocycles. The van der Waals surface area contributed by atoms with Gasteiger partial charge >= 0.3 is 17.9 Å². The summed E-state index contributed by atoms with van der Waals surface area (Å²) in [5, 5.41) is 0. The molecule has 0 bridgehead atoms. The van der Waals surface area contributed by atoms with Crippen molar-refractivity contribution in [2.75, 3.05) is 13.2 Å². The number of esters is 3. The molecule has 396 valence electrons. The van der Waals surface area contributed by atoms with E-state index in [0.717, 1.165) is 77.0 Å². The zero-order valence-corrected chi connectivity index (χ0v) is 45.4. The number of ether oxygens (including phenoxy) is 3. The summed E-state index contributed by atoms with van der Waals surface area (Å²) in [5.41, 5.74) is 0. The smallest absolute Gasteiger partial charge is 0.306 e. The van der Waals surface area contributed by atoms with Crippen LogP contribution in [0.3, 0.4) is 0 Å². The molecule has 0 saturated heterocycles. The van der Waals surface area contributed by atoms with Gasteiger partial charge in [-0.15, -0.1) is 0 Å². The van der Waals surface area contributed by atoms with Gasteiger partial charge in [0.15, 0.2) is 6.10 Å². The summed E-state index contributed by atoms with van der Waals surface area (Å²) in [6.07, 6.45) is 69.7. The van der Waals surface area contributed by atoms with Gasteiger partial charge in [0.1, 0.15) is 13.2 Å². The predicted molar refractivity (Wildman–Crippen MR) is 293 cm³/mol. The fourth-order valence-electron chi connectivity index (χ4n) is 8.51. The van der Waals surface area contributed by atoms with Crippen molar-refractivity contribution in [3.8, 4) is 0 Å². The van der Waals surface area contributed by atoms with E-state index in [-0.39, 0.29) is 31.1 Å². The third-order valence-corrected chi connectivity index (χ3v) is 13.0. The molecule has 0 aliphatic heterocycles. The van der Waals surface area contributed by atoms with E-state index in [9.17, 15) is 14.4 Å². The number of carbonyl (C=O) groups excluding carboxylic acids is 3. The fraction of sp³-hybridized carbons (Fsp3) is 0.823. The van der Waals surface area contributed by atoms with Crippen molar-refractivity contribution in [1.82, 2.24) is 0 Å². The van der Waals surface area contributed by atoms with Gasteiger partial charge in [0, 0.05) is 19.3 Å². The Balaban J connectivity index is 4.28. The second-order valence-electron chi connectivity index (χ2n) is 19.9. The van der Waals surface area contributed by atoms with Crippen LogP contribution in [0.15, 0.2) is 48.6 Å². The molecule has 68 heavy (non-hydrogen) atoms. The SMILES string of the molecule is CCCC/C=C\CCCCCCCC(=O)OCC(COC(=O)CCCCCCCCCCCCC/C=C\C/C=C\CCCCCCC)OC(=O)CCCCCCC/C=C\CCCCCCCCC. The van der Waals surface area contributed by atoms with Gasteiger partial charge in [0.05, 0.1) is 0 Å². The van der Waals surface area contributed by atoms with Gasteiger partial charge in [-0.05, 0) is 96.3 Å². The lowest BCUT2D eigenvalue weighted by Gasteiger charge is -2.18. The molecular weight excluding hydrogens is 841 g/mol. The van der Waals surface area contributed by atoms with Crippen LogP contribution in [0.1, 0.15) is 310 Å². The van der Waals surface area contributed by atoms with Crippen LogP contribution in [0.25, 0.3) is 0 Å². The van der Waals surface area contributed by atoms with Crippen LogP contribution in [0, 0.1) is 0 Å². The highest BCUT2D eigenvalue weighted by Crippen LogP contribution is 2.16. The minimum atomic E-state index is -0.780. The lowest BCUT2D eigenvalue weighted by molar-refractivity contribution is -0.167. The van der Waals surface area contributed by atoms with Crippen molar-refractivity contribution in [1.29, 1.82) is 0 Å². The van der Waals surface area contributed by atoms with Crippen molar-refractivity contribution in [2.45, 2.75) is 316 Å². The largest absolute Gasteiger partial charge is 0.462 e. The predicted octanol–water partition coefficient (Wildman–Crippen LogP) is 19.8. The highest BCUT2D eigenvalue weighted by Gasteiger charge is 2.19. The first-order valence-electron chi connectivity index (χ1n) is 29.6. The summed E-state index contributed by atoms with van der Waals surface area (Å²) in [6.45, 7) is 6.60. The van der Waals surface area contributed by atoms with E-state index in [0.29, 0.717) is 19.3 Å². The normalized spacial score (nSPS) is 12.3. The Morgan fingerprint density at radius 3 is 0.868 bits per heavy atom. The second kappa shape index (κ2) is 57.0. The van der Waals surface area contributed by atoms with E-state index in [1.54, 1.807) is 0 Å². The van der Waals surface area contributed by atoms with Crippen molar-refractivity contribution < 1.29 is 28.6 Å². The maximum atomic E-state index is 12.8. The molecule has 6 nitrogen and oxygen atoms in total. The van der Waals surface area contributed by atoms with E-state index in [1.807, 2.05) is 0 Å². The number of unbranched alkanes of at least 4 members (excludes halogenated alkanes) is 35. The van der Waals surface area contributed by atoms with E-state index < -0.39 is 6.10 Å². The Hall–Kier alpha value is -2.63. The fourth-order valence-corrected chi connectivity index (χ4v) is 8.51. The number of hydrogen-bond acceptors (Lipinski definition) is 6. The Morgan fingerprint density at radius 1 is 0.294 bits per heavy atom. The molecule has 0 aromatic heterocycles. The topological polar surface area (TPSA) is 78.9 Å². The van der Waals surface area contributed by atoms with Gasteiger partial charge < -0.3 is 14.2 Å². The Morgan fingerprint density at radius 2 is 0.544 bits per heavy atom. The van der Waals surface area contributed by atoms with E-state index >= 15 is 0 Å². The van der Waals surface area contributed by atoms with Gasteiger partial charge in [-0.3, -0.25) is 14.4 Å². The van der Waals surface area contributed by atoms with Crippen molar-refractivity contribution >= 4 is 17.9 Å². The Bertz CT molecular complexity index is 1190. The molecule has 0 fully saturated rings. The molecule has 0 radical (unpaired) electrons.